The number of aliphatic imine (C=N–C) groups is 1. The van der Waals surface area contributed by atoms with E-state index in [0.717, 1.165) is 21.9 Å². The number of rotatable bonds is 3. The molecule has 2 aromatic carbocycles. The summed E-state index contributed by atoms with van der Waals surface area (Å²) in [6.07, 6.45) is 3.50. The van der Waals surface area contributed by atoms with Crippen LogP contribution >= 0.6 is 0 Å². The molecule has 1 aliphatic heterocycles. The zero-order valence-corrected chi connectivity index (χ0v) is 12.7. The van der Waals surface area contributed by atoms with Crippen LogP contribution in [0.3, 0.4) is 0 Å². The topological polar surface area (TPSA) is 91.4 Å². The Labute approximate surface area is 138 Å². The zero-order chi connectivity index (χ0) is 16.4. The lowest BCUT2D eigenvalue weighted by Crippen LogP contribution is -2.46. The predicted octanol–water partition coefficient (Wildman–Crippen LogP) is 2.87. The van der Waals surface area contributed by atoms with E-state index in [4.69, 9.17) is 0 Å². The summed E-state index contributed by atoms with van der Waals surface area (Å²) in [7, 11) is 0. The Morgan fingerprint density at radius 3 is 2.75 bits per heavy atom. The maximum Gasteiger partial charge on any atom is 0.214 e. The van der Waals surface area contributed by atoms with Crippen molar-refractivity contribution in [1.29, 1.82) is 0 Å². The highest BCUT2D eigenvalue weighted by molar-refractivity contribution is 6.01. The van der Waals surface area contributed by atoms with Crippen molar-refractivity contribution in [1.82, 2.24) is 15.6 Å². The lowest BCUT2D eigenvalue weighted by atomic mass is 10.1. The van der Waals surface area contributed by atoms with E-state index < -0.39 is 0 Å². The molecule has 120 valence electrons. The van der Waals surface area contributed by atoms with E-state index in [1.54, 1.807) is 18.5 Å². The van der Waals surface area contributed by atoms with Gasteiger partial charge in [-0.2, -0.15) is 5.10 Å². The fourth-order valence-corrected chi connectivity index (χ4v) is 2.53. The Kier molecular flexibility index (Phi) is 3.60. The van der Waals surface area contributed by atoms with E-state index in [0.29, 0.717) is 23.9 Å². The van der Waals surface area contributed by atoms with Crippen molar-refractivity contribution in [2.45, 2.75) is 6.54 Å². The van der Waals surface area contributed by atoms with Gasteiger partial charge in [-0.05, 0) is 23.3 Å². The highest BCUT2D eigenvalue weighted by Gasteiger charge is 2.15. The second-order valence-corrected chi connectivity index (χ2v) is 5.40. The van der Waals surface area contributed by atoms with Gasteiger partial charge in [-0.15, -0.1) is 0 Å². The van der Waals surface area contributed by atoms with Gasteiger partial charge < -0.3 is 15.7 Å². The minimum Gasteiger partial charge on any atom is -0.739 e. The number of guanidine groups is 1. The number of aromatic nitrogens is 2. The molecule has 0 amide bonds. The number of hydrogen-bond acceptors (Lipinski definition) is 4. The van der Waals surface area contributed by atoms with E-state index >= 15 is 0 Å². The van der Waals surface area contributed by atoms with Gasteiger partial charge in [0.25, 0.3) is 0 Å². The number of fused-ring (bicyclic) bond motifs is 1. The summed E-state index contributed by atoms with van der Waals surface area (Å²) in [5.41, 5.74) is 6.84. The average molecular weight is 319 g/mol. The summed E-state index contributed by atoms with van der Waals surface area (Å²) < 4.78 is 0. The van der Waals surface area contributed by atoms with Crippen LogP contribution in [-0.4, -0.2) is 16.2 Å². The molecular weight excluding hydrogens is 304 g/mol. The molecule has 0 fully saturated rings. The summed E-state index contributed by atoms with van der Waals surface area (Å²) >= 11 is 0. The Morgan fingerprint density at radius 2 is 1.96 bits per heavy atom. The van der Waals surface area contributed by atoms with E-state index in [2.05, 4.69) is 25.9 Å². The van der Waals surface area contributed by atoms with Gasteiger partial charge in [-0.25, -0.2) is 4.99 Å². The quantitative estimate of drug-likeness (QED) is 0.690. The lowest BCUT2D eigenvalue weighted by Gasteiger charge is -2.38. The van der Waals surface area contributed by atoms with Crippen LogP contribution in [0.25, 0.3) is 11.1 Å². The van der Waals surface area contributed by atoms with Crippen molar-refractivity contribution in [3.05, 3.63) is 71.7 Å². The smallest absolute Gasteiger partial charge is 0.214 e. The number of nitrogens with zero attached hydrogens (tertiary/aromatic N) is 3. The first-order valence-corrected chi connectivity index (χ1v) is 7.52. The fraction of sp³-hybridized carbons (Fsp3) is 0.0588. The molecule has 1 aromatic heterocycles. The predicted molar refractivity (Wildman–Crippen MR) is 94.2 cm³/mol. The molecule has 3 aromatic rings. The number of hydrazine groups is 1. The van der Waals surface area contributed by atoms with Crippen LogP contribution in [0.15, 0.2) is 65.9 Å². The maximum absolute atomic E-state index is 12.3. The van der Waals surface area contributed by atoms with Crippen molar-refractivity contribution in [2.24, 2.45) is 4.99 Å². The number of H-pyrrole nitrogens is 1. The fourth-order valence-electron chi connectivity index (χ4n) is 2.53. The van der Waals surface area contributed by atoms with E-state index in [-0.39, 0.29) is 0 Å². The van der Waals surface area contributed by atoms with Crippen LogP contribution in [0.4, 0.5) is 11.4 Å². The van der Waals surface area contributed by atoms with Gasteiger partial charge in [0.1, 0.15) is 0 Å². The number of nitrogens with one attached hydrogen (secondary N) is 3. The van der Waals surface area contributed by atoms with Crippen molar-refractivity contribution in [3.8, 4) is 11.1 Å². The van der Waals surface area contributed by atoms with E-state index in [1.165, 1.54) is 0 Å². The molecule has 24 heavy (non-hydrogen) atoms. The minimum absolute atomic E-state index is 0.428. The molecule has 1 aliphatic rings. The Hall–Kier alpha value is -3.32. The number of benzene rings is 2. The molecular formula is C17H15N6O-. The summed E-state index contributed by atoms with van der Waals surface area (Å²) in [4.78, 5) is 4.41. The molecule has 0 unspecified atom stereocenters. The van der Waals surface area contributed by atoms with Crippen molar-refractivity contribution in [3.63, 3.8) is 0 Å². The van der Waals surface area contributed by atoms with Crippen molar-refractivity contribution < 1.29 is 0 Å². The monoisotopic (exact) mass is 319 g/mol. The van der Waals surface area contributed by atoms with Crippen molar-refractivity contribution in [2.75, 3.05) is 10.5 Å². The molecule has 3 N–H and O–H groups in total. The van der Waals surface area contributed by atoms with Gasteiger partial charge in [0.05, 0.1) is 24.1 Å². The molecule has 0 spiro atoms. The highest BCUT2D eigenvalue weighted by Crippen LogP contribution is 2.32. The van der Waals surface area contributed by atoms with E-state index in [9.17, 15) is 5.21 Å². The zero-order valence-electron chi connectivity index (χ0n) is 12.7. The molecule has 2 heterocycles. The summed E-state index contributed by atoms with van der Waals surface area (Å²) in [5.74, 6) is 0.428. The molecule has 0 aliphatic carbocycles. The van der Waals surface area contributed by atoms with Crippen molar-refractivity contribution >= 4 is 17.3 Å². The first-order chi connectivity index (χ1) is 11.8. The first kappa shape index (κ1) is 14.3. The molecule has 7 nitrogen and oxygen atoms in total. The highest BCUT2D eigenvalue weighted by atomic mass is 16.5. The number of hydrogen-bond donors (Lipinski definition) is 3. The third-order valence-corrected chi connectivity index (χ3v) is 3.77. The third kappa shape index (κ3) is 2.80. The van der Waals surface area contributed by atoms with E-state index in [1.807, 2.05) is 42.5 Å². The van der Waals surface area contributed by atoms with Gasteiger partial charge in [0, 0.05) is 11.8 Å². The average Bonchev–Trinajstić information content (AvgIpc) is 3.15. The second kappa shape index (κ2) is 6.05. The number of anilines is 2. The molecule has 0 bridgehead atoms. The molecule has 0 atom stereocenters. The van der Waals surface area contributed by atoms with Gasteiger partial charge in [-0.3, -0.25) is 10.5 Å². The molecule has 4 rings (SSSR count). The second-order valence-electron chi connectivity index (χ2n) is 5.40. The maximum atomic E-state index is 12.3. The number of aromatic amines is 1. The normalized spacial score (nSPS) is 14.9. The summed E-state index contributed by atoms with van der Waals surface area (Å²) in [6, 6.07) is 15.5. The van der Waals surface area contributed by atoms with Crippen LogP contribution in [0.5, 0.6) is 0 Å². The van der Waals surface area contributed by atoms with Crippen LogP contribution in [-0.2, 0) is 6.54 Å². The van der Waals surface area contributed by atoms with Crippen LogP contribution in [0.2, 0.25) is 0 Å². The largest absolute Gasteiger partial charge is 0.739 e. The first-order valence-electron chi connectivity index (χ1n) is 7.52. The Bertz CT molecular complexity index is 860. The van der Waals surface area contributed by atoms with Crippen LogP contribution < -0.4 is 15.9 Å². The Balaban J connectivity index is 1.57. The molecule has 7 heteroatoms. The van der Waals surface area contributed by atoms with Crippen LogP contribution in [0, 0.1) is 5.21 Å². The SMILES string of the molecule is [O-]N1NC(=NCc2ccccc2)Nc2ccc(-c3cn[nH]c3)cc21. The standard InChI is InChI=1S/C17H15N6O/c24-23-16-8-13(14-10-19-20-11-14)6-7-15(16)21-17(22-23)18-9-12-4-2-1-3-5-12/h1-8,10-11H,9H2,(H,19,20)(H2,18,21,22)/q-1. The third-order valence-electron chi connectivity index (χ3n) is 3.77. The molecule has 0 saturated carbocycles. The van der Waals surface area contributed by atoms with Gasteiger partial charge in [0.2, 0.25) is 5.96 Å². The van der Waals surface area contributed by atoms with Gasteiger partial charge in [0.15, 0.2) is 0 Å². The lowest BCUT2D eigenvalue weighted by molar-refractivity contribution is 0.890. The molecule has 0 radical (unpaired) electrons. The minimum atomic E-state index is 0.428. The summed E-state index contributed by atoms with van der Waals surface area (Å²) in [6.45, 7) is 0.493. The molecule has 0 saturated heterocycles. The summed E-state index contributed by atoms with van der Waals surface area (Å²) in [5, 5.41) is 22.9. The van der Waals surface area contributed by atoms with Crippen LogP contribution in [0.1, 0.15) is 5.56 Å². The Morgan fingerprint density at radius 1 is 1.08 bits per heavy atom. The van der Waals surface area contributed by atoms with Gasteiger partial charge in [-0.1, -0.05) is 36.4 Å². The van der Waals surface area contributed by atoms with Gasteiger partial charge >= 0.3 is 0 Å².